The summed E-state index contributed by atoms with van der Waals surface area (Å²) < 4.78 is 0.930. The molecule has 23 heavy (non-hydrogen) atoms. The normalized spacial score (nSPS) is 11.2. The summed E-state index contributed by atoms with van der Waals surface area (Å²) in [4.78, 5) is 12.6. The number of hydrogen-bond donors (Lipinski definition) is 2. The Morgan fingerprint density at radius 2 is 2.00 bits per heavy atom. The highest BCUT2D eigenvalue weighted by Gasteiger charge is 2.16. The standard InChI is InChI=1S/C16H10Cl2N2O2S/c17-10-5-6-12(21)9(7-10)8-19-20-16(22)15-14(18)11-3-1-2-4-13(11)23-15/h1-8,21H,(H,20,22). The number of thiophene rings is 1. The van der Waals surface area contributed by atoms with Crippen molar-refractivity contribution in [3.05, 3.63) is 63.0 Å². The van der Waals surface area contributed by atoms with Crippen molar-refractivity contribution in [1.29, 1.82) is 0 Å². The van der Waals surface area contributed by atoms with E-state index in [0.717, 1.165) is 10.1 Å². The summed E-state index contributed by atoms with van der Waals surface area (Å²) >= 11 is 13.4. The minimum Gasteiger partial charge on any atom is -0.507 e. The van der Waals surface area contributed by atoms with Crippen molar-refractivity contribution in [2.24, 2.45) is 5.10 Å². The fraction of sp³-hybridized carbons (Fsp3) is 0. The van der Waals surface area contributed by atoms with E-state index in [0.29, 0.717) is 20.5 Å². The minimum atomic E-state index is -0.408. The number of amides is 1. The first-order valence-corrected chi connectivity index (χ1v) is 8.12. The van der Waals surface area contributed by atoms with Crippen molar-refractivity contribution in [1.82, 2.24) is 5.43 Å². The summed E-state index contributed by atoms with van der Waals surface area (Å²) in [7, 11) is 0. The number of halogens is 2. The molecule has 0 aliphatic carbocycles. The van der Waals surface area contributed by atoms with Gasteiger partial charge in [0.15, 0.2) is 0 Å². The van der Waals surface area contributed by atoms with Crippen LogP contribution in [0.4, 0.5) is 0 Å². The summed E-state index contributed by atoms with van der Waals surface area (Å²) in [6.45, 7) is 0. The van der Waals surface area contributed by atoms with Crippen molar-refractivity contribution in [2.45, 2.75) is 0 Å². The van der Waals surface area contributed by atoms with Gasteiger partial charge < -0.3 is 5.11 Å². The maximum Gasteiger partial charge on any atom is 0.283 e. The van der Waals surface area contributed by atoms with Crippen LogP contribution in [0.25, 0.3) is 10.1 Å². The third kappa shape index (κ3) is 3.32. The molecule has 0 saturated carbocycles. The van der Waals surface area contributed by atoms with Gasteiger partial charge in [0.1, 0.15) is 10.6 Å². The zero-order valence-electron chi connectivity index (χ0n) is 11.6. The average Bonchev–Trinajstić information content (AvgIpc) is 2.88. The Balaban J connectivity index is 1.80. The molecule has 1 amide bonds. The first-order chi connectivity index (χ1) is 11.1. The molecular formula is C16H10Cl2N2O2S. The van der Waals surface area contributed by atoms with E-state index in [1.807, 2.05) is 24.3 Å². The van der Waals surface area contributed by atoms with Crippen LogP contribution in [0.2, 0.25) is 10.0 Å². The number of phenolic OH excluding ortho intramolecular Hbond substituents is 1. The summed E-state index contributed by atoms with van der Waals surface area (Å²) in [6.07, 6.45) is 1.32. The number of aromatic hydroxyl groups is 1. The van der Waals surface area contributed by atoms with Gasteiger partial charge in [-0.15, -0.1) is 11.3 Å². The molecule has 3 aromatic rings. The molecule has 0 fully saturated rings. The van der Waals surface area contributed by atoms with E-state index in [2.05, 4.69) is 10.5 Å². The molecule has 0 bridgehead atoms. The van der Waals surface area contributed by atoms with Gasteiger partial charge in [0.05, 0.1) is 11.2 Å². The van der Waals surface area contributed by atoms with Crippen LogP contribution in [0, 0.1) is 0 Å². The molecule has 2 N–H and O–H groups in total. The van der Waals surface area contributed by atoms with Crippen molar-refractivity contribution >= 4 is 56.7 Å². The number of hydrogen-bond acceptors (Lipinski definition) is 4. The van der Waals surface area contributed by atoms with Crippen molar-refractivity contribution in [3.63, 3.8) is 0 Å². The molecule has 4 nitrogen and oxygen atoms in total. The predicted molar refractivity (Wildman–Crippen MR) is 95.0 cm³/mol. The number of phenols is 1. The second-order valence-electron chi connectivity index (χ2n) is 4.64. The second-order valence-corrected chi connectivity index (χ2v) is 6.51. The fourth-order valence-electron chi connectivity index (χ4n) is 2.00. The van der Waals surface area contributed by atoms with E-state index in [1.165, 1.54) is 23.6 Å². The largest absolute Gasteiger partial charge is 0.507 e. The Morgan fingerprint density at radius 1 is 1.22 bits per heavy atom. The van der Waals surface area contributed by atoms with E-state index in [1.54, 1.807) is 12.1 Å². The number of benzene rings is 2. The molecule has 0 atom stereocenters. The van der Waals surface area contributed by atoms with Gasteiger partial charge in [-0.1, -0.05) is 41.4 Å². The number of fused-ring (bicyclic) bond motifs is 1. The third-order valence-electron chi connectivity index (χ3n) is 3.10. The monoisotopic (exact) mass is 364 g/mol. The number of hydrazone groups is 1. The van der Waals surface area contributed by atoms with E-state index in [9.17, 15) is 9.90 Å². The number of carbonyl (C=O) groups excluding carboxylic acids is 1. The van der Waals surface area contributed by atoms with Gasteiger partial charge in [-0.3, -0.25) is 4.79 Å². The van der Waals surface area contributed by atoms with Crippen LogP contribution in [0.15, 0.2) is 47.6 Å². The van der Waals surface area contributed by atoms with Crippen LogP contribution in [-0.2, 0) is 0 Å². The molecule has 0 aliphatic rings. The summed E-state index contributed by atoms with van der Waals surface area (Å²) in [6, 6.07) is 12.1. The topological polar surface area (TPSA) is 61.7 Å². The molecule has 0 spiro atoms. The van der Waals surface area contributed by atoms with Gasteiger partial charge in [0.25, 0.3) is 5.91 Å². The van der Waals surface area contributed by atoms with Gasteiger partial charge >= 0.3 is 0 Å². The summed E-state index contributed by atoms with van der Waals surface area (Å²) in [5.41, 5.74) is 2.80. The molecular weight excluding hydrogens is 355 g/mol. The van der Waals surface area contributed by atoms with Crippen LogP contribution < -0.4 is 5.43 Å². The Bertz CT molecular complexity index is 922. The van der Waals surface area contributed by atoms with Crippen LogP contribution in [0.1, 0.15) is 15.2 Å². The highest BCUT2D eigenvalue weighted by molar-refractivity contribution is 7.21. The second kappa shape index (κ2) is 6.58. The first-order valence-electron chi connectivity index (χ1n) is 6.55. The van der Waals surface area contributed by atoms with Gasteiger partial charge in [0, 0.05) is 20.7 Å². The predicted octanol–water partition coefficient (Wildman–Crippen LogP) is 4.68. The lowest BCUT2D eigenvalue weighted by molar-refractivity contribution is 0.0959. The molecule has 7 heteroatoms. The molecule has 0 saturated heterocycles. The first kappa shape index (κ1) is 15.8. The van der Waals surface area contributed by atoms with Crippen LogP contribution in [0.3, 0.4) is 0 Å². The zero-order chi connectivity index (χ0) is 16.4. The lowest BCUT2D eigenvalue weighted by Gasteiger charge is -2.00. The van der Waals surface area contributed by atoms with Crippen LogP contribution in [0.5, 0.6) is 5.75 Å². The van der Waals surface area contributed by atoms with Gasteiger partial charge in [0.2, 0.25) is 0 Å². The zero-order valence-corrected chi connectivity index (χ0v) is 13.9. The van der Waals surface area contributed by atoms with Gasteiger partial charge in [-0.2, -0.15) is 5.10 Å². The van der Waals surface area contributed by atoms with Crippen LogP contribution in [-0.4, -0.2) is 17.2 Å². The smallest absolute Gasteiger partial charge is 0.283 e. The Hall–Kier alpha value is -2.08. The van der Waals surface area contributed by atoms with Crippen molar-refractivity contribution < 1.29 is 9.90 Å². The Morgan fingerprint density at radius 3 is 2.78 bits per heavy atom. The maximum atomic E-state index is 12.2. The van der Waals surface area contributed by atoms with Gasteiger partial charge in [-0.25, -0.2) is 5.43 Å². The maximum absolute atomic E-state index is 12.2. The quantitative estimate of drug-likeness (QED) is 0.523. The number of rotatable bonds is 3. The number of nitrogens with zero attached hydrogens (tertiary/aromatic N) is 1. The lowest BCUT2D eigenvalue weighted by atomic mass is 10.2. The Kier molecular flexibility index (Phi) is 4.52. The molecule has 1 heterocycles. The van der Waals surface area contributed by atoms with E-state index < -0.39 is 5.91 Å². The highest BCUT2D eigenvalue weighted by atomic mass is 35.5. The molecule has 0 radical (unpaired) electrons. The van der Waals surface area contributed by atoms with E-state index >= 15 is 0 Å². The average molecular weight is 365 g/mol. The van der Waals surface area contributed by atoms with E-state index in [4.69, 9.17) is 23.2 Å². The van der Waals surface area contributed by atoms with Crippen LogP contribution >= 0.6 is 34.5 Å². The molecule has 0 unspecified atom stereocenters. The fourth-order valence-corrected chi connectivity index (χ4v) is 3.59. The third-order valence-corrected chi connectivity index (χ3v) is 5.01. The van der Waals surface area contributed by atoms with Gasteiger partial charge in [-0.05, 0) is 24.3 Å². The number of carbonyl (C=O) groups is 1. The highest BCUT2D eigenvalue weighted by Crippen LogP contribution is 2.34. The molecule has 0 aliphatic heterocycles. The molecule has 116 valence electrons. The molecule has 3 rings (SSSR count). The minimum absolute atomic E-state index is 0.0206. The lowest BCUT2D eigenvalue weighted by Crippen LogP contribution is -2.16. The molecule has 1 aromatic heterocycles. The number of nitrogens with one attached hydrogen (secondary N) is 1. The van der Waals surface area contributed by atoms with Crippen molar-refractivity contribution in [2.75, 3.05) is 0 Å². The van der Waals surface area contributed by atoms with Crippen molar-refractivity contribution in [3.8, 4) is 5.75 Å². The van der Waals surface area contributed by atoms with E-state index in [-0.39, 0.29) is 5.75 Å². The summed E-state index contributed by atoms with van der Waals surface area (Å²) in [5.74, 6) is -0.388. The Labute approximate surface area is 146 Å². The SMILES string of the molecule is O=C(NN=Cc1cc(Cl)ccc1O)c1sc2ccccc2c1Cl. The summed E-state index contributed by atoms with van der Waals surface area (Å²) in [5, 5.41) is 15.2. The molecule has 2 aromatic carbocycles.